The van der Waals surface area contributed by atoms with E-state index in [0.29, 0.717) is 5.52 Å². The van der Waals surface area contributed by atoms with Crippen LogP contribution in [0.5, 0.6) is 0 Å². The lowest BCUT2D eigenvalue weighted by Crippen LogP contribution is -2.20. The number of fused-ring (bicyclic) bond motifs is 3. The summed E-state index contributed by atoms with van der Waals surface area (Å²) in [6.07, 6.45) is -1.87. The summed E-state index contributed by atoms with van der Waals surface area (Å²) in [4.78, 5) is 16.4. The number of alkyl halides is 3. The van der Waals surface area contributed by atoms with Crippen LogP contribution in [0.3, 0.4) is 0 Å². The normalized spacial score (nSPS) is 12.1. The summed E-state index contributed by atoms with van der Waals surface area (Å²) < 4.78 is 41.0. The molecule has 4 rings (SSSR count). The summed E-state index contributed by atoms with van der Waals surface area (Å²) in [7, 11) is 0. The van der Waals surface area contributed by atoms with Crippen molar-refractivity contribution in [2.75, 3.05) is 0 Å². The van der Waals surface area contributed by atoms with E-state index in [2.05, 4.69) is 20.3 Å². The summed E-state index contributed by atoms with van der Waals surface area (Å²) in [5.74, 6) is 0.221. The average molecular weight is 332 g/mol. The van der Waals surface area contributed by atoms with Crippen molar-refractivity contribution in [3.05, 3.63) is 58.8 Å². The number of hydrogen-bond donors (Lipinski definition) is 0. The Hall–Kier alpha value is -3.30. The predicted octanol–water partition coefficient (Wildman–Crippen LogP) is 1.84. The Morgan fingerprint density at radius 1 is 1.08 bits per heavy atom. The fourth-order valence-electron chi connectivity index (χ4n) is 2.38. The molecule has 1 aromatic carbocycles. The molecule has 0 aliphatic heterocycles. The van der Waals surface area contributed by atoms with Gasteiger partial charge in [-0.15, -0.1) is 10.2 Å². The van der Waals surface area contributed by atoms with Crippen LogP contribution in [0.15, 0.2) is 47.7 Å². The highest BCUT2D eigenvalue weighted by Gasteiger charge is 2.30. The Morgan fingerprint density at radius 3 is 2.71 bits per heavy atom. The third-order valence-electron chi connectivity index (χ3n) is 3.49. The van der Waals surface area contributed by atoms with Gasteiger partial charge < -0.3 is 0 Å². The van der Waals surface area contributed by atoms with Crippen molar-refractivity contribution in [3.63, 3.8) is 0 Å². The Morgan fingerprint density at radius 2 is 1.92 bits per heavy atom. The van der Waals surface area contributed by atoms with Crippen molar-refractivity contribution in [3.8, 4) is 5.69 Å². The number of aromatic nitrogens is 6. The molecule has 0 aliphatic carbocycles. The first-order chi connectivity index (χ1) is 11.4. The Kier molecular flexibility index (Phi) is 2.89. The van der Waals surface area contributed by atoms with Crippen LogP contribution in [0, 0.1) is 0 Å². The molecule has 3 heterocycles. The molecule has 0 bridgehead atoms. The molecule has 4 aromatic rings. The minimum atomic E-state index is -4.50. The van der Waals surface area contributed by atoms with E-state index in [1.165, 1.54) is 35.2 Å². The van der Waals surface area contributed by atoms with Crippen LogP contribution in [-0.2, 0) is 6.18 Å². The third-order valence-corrected chi connectivity index (χ3v) is 3.49. The summed E-state index contributed by atoms with van der Waals surface area (Å²) in [5, 5.41) is 11.5. The van der Waals surface area contributed by atoms with Gasteiger partial charge in [0.15, 0.2) is 5.52 Å². The minimum Gasteiger partial charge on any atom is -0.282 e. The van der Waals surface area contributed by atoms with Gasteiger partial charge in [-0.3, -0.25) is 9.36 Å². The molecule has 0 fully saturated rings. The second-order valence-corrected chi connectivity index (χ2v) is 4.94. The van der Waals surface area contributed by atoms with Gasteiger partial charge in [-0.05, 0) is 24.3 Å². The molecule has 10 heteroatoms. The van der Waals surface area contributed by atoms with Crippen molar-refractivity contribution >= 4 is 16.8 Å². The van der Waals surface area contributed by atoms with E-state index in [1.807, 2.05) is 0 Å². The second-order valence-electron chi connectivity index (χ2n) is 4.94. The lowest BCUT2D eigenvalue weighted by molar-refractivity contribution is -0.137. The quantitative estimate of drug-likeness (QED) is 0.531. The zero-order chi connectivity index (χ0) is 16.9. The fourth-order valence-corrected chi connectivity index (χ4v) is 2.38. The molecular formula is C14H7F3N6O. The fraction of sp³-hybridized carbons (Fsp3) is 0.0714. The summed E-state index contributed by atoms with van der Waals surface area (Å²) in [6.45, 7) is 0. The number of rotatable bonds is 1. The molecule has 120 valence electrons. The van der Waals surface area contributed by atoms with Crippen molar-refractivity contribution in [2.45, 2.75) is 6.18 Å². The van der Waals surface area contributed by atoms with Crippen molar-refractivity contribution in [1.82, 2.24) is 29.4 Å². The first-order valence-electron chi connectivity index (χ1n) is 6.70. The maximum atomic E-state index is 12.8. The van der Waals surface area contributed by atoms with Gasteiger partial charge in [0, 0.05) is 11.9 Å². The maximum Gasteiger partial charge on any atom is 0.416 e. The second kappa shape index (κ2) is 4.85. The Labute approximate surface area is 131 Å². The van der Waals surface area contributed by atoms with Crippen molar-refractivity contribution < 1.29 is 13.2 Å². The van der Waals surface area contributed by atoms with Gasteiger partial charge in [0.2, 0.25) is 0 Å². The smallest absolute Gasteiger partial charge is 0.282 e. The minimum absolute atomic E-state index is 0.0205. The van der Waals surface area contributed by atoms with E-state index >= 15 is 0 Å². The molecule has 0 saturated heterocycles. The standard InChI is InChI=1S/C14H7F3N6O/c15-14(16,17)8-2-1-3-9(6-8)22-5-4-10-11(12(22)24)20-21-13-18-7-19-23(10)13/h1-7H. The van der Waals surface area contributed by atoms with Gasteiger partial charge in [-0.1, -0.05) is 6.07 Å². The zero-order valence-electron chi connectivity index (χ0n) is 11.8. The molecule has 0 unspecified atom stereocenters. The number of pyridine rings is 1. The van der Waals surface area contributed by atoms with Gasteiger partial charge in [0.05, 0.1) is 5.56 Å². The van der Waals surface area contributed by atoms with Crippen LogP contribution in [0.1, 0.15) is 5.56 Å². The molecule has 0 spiro atoms. The lowest BCUT2D eigenvalue weighted by atomic mass is 10.2. The molecular weight excluding hydrogens is 325 g/mol. The summed E-state index contributed by atoms with van der Waals surface area (Å²) in [5.41, 5.74) is -1.02. The molecule has 3 aromatic heterocycles. The first kappa shape index (κ1) is 14.3. The van der Waals surface area contributed by atoms with E-state index in [-0.39, 0.29) is 17.0 Å². The molecule has 0 radical (unpaired) electrons. The first-order valence-corrected chi connectivity index (χ1v) is 6.70. The average Bonchev–Trinajstić information content (AvgIpc) is 3.03. The highest BCUT2D eigenvalue weighted by atomic mass is 19.4. The number of nitrogens with zero attached hydrogens (tertiary/aromatic N) is 6. The molecule has 0 N–H and O–H groups in total. The maximum absolute atomic E-state index is 12.8. The molecule has 0 atom stereocenters. The lowest BCUT2D eigenvalue weighted by Gasteiger charge is -2.10. The van der Waals surface area contributed by atoms with E-state index in [1.54, 1.807) is 0 Å². The topological polar surface area (TPSA) is 78.0 Å². The monoisotopic (exact) mass is 332 g/mol. The highest BCUT2D eigenvalue weighted by molar-refractivity contribution is 5.74. The molecule has 24 heavy (non-hydrogen) atoms. The van der Waals surface area contributed by atoms with Gasteiger partial charge in [0.1, 0.15) is 11.8 Å². The highest BCUT2D eigenvalue weighted by Crippen LogP contribution is 2.30. The van der Waals surface area contributed by atoms with Gasteiger partial charge in [-0.25, -0.2) is 0 Å². The molecule has 7 nitrogen and oxygen atoms in total. The van der Waals surface area contributed by atoms with Crippen LogP contribution in [0.25, 0.3) is 22.5 Å². The van der Waals surface area contributed by atoms with Crippen LogP contribution in [0.2, 0.25) is 0 Å². The van der Waals surface area contributed by atoms with Crippen molar-refractivity contribution in [1.29, 1.82) is 0 Å². The van der Waals surface area contributed by atoms with Crippen LogP contribution in [0.4, 0.5) is 13.2 Å². The van der Waals surface area contributed by atoms with Crippen molar-refractivity contribution in [2.24, 2.45) is 0 Å². The van der Waals surface area contributed by atoms with Gasteiger partial charge >= 0.3 is 6.18 Å². The van der Waals surface area contributed by atoms with Crippen LogP contribution >= 0.6 is 0 Å². The largest absolute Gasteiger partial charge is 0.416 e. The SMILES string of the molecule is O=c1c2nnc3ncnn3c2ccn1-c1cccc(C(F)(F)F)c1. The van der Waals surface area contributed by atoms with Crippen LogP contribution < -0.4 is 5.56 Å². The molecule has 0 saturated carbocycles. The van der Waals surface area contributed by atoms with Crippen LogP contribution in [-0.4, -0.2) is 29.4 Å². The number of hydrogen-bond acceptors (Lipinski definition) is 5. The predicted molar refractivity (Wildman–Crippen MR) is 76.7 cm³/mol. The van der Waals surface area contributed by atoms with E-state index in [4.69, 9.17) is 0 Å². The van der Waals surface area contributed by atoms with Gasteiger partial charge in [-0.2, -0.15) is 27.8 Å². The van der Waals surface area contributed by atoms with Gasteiger partial charge in [0.25, 0.3) is 11.3 Å². The van der Waals surface area contributed by atoms with E-state index in [0.717, 1.165) is 16.7 Å². The summed E-state index contributed by atoms with van der Waals surface area (Å²) in [6, 6.07) is 6.00. The number of halogens is 3. The third kappa shape index (κ3) is 2.11. The molecule has 0 aliphatic rings. The Balaban J connectivity index is 1.97. The molecule has 0 amide bonds. The van der Waals surface area contributed by atoms with E-state index in [9.17, 15) is 18.0 Å². The summed E-state index contributed by atoms with van der Waals surface area (Å²) >= 11 is 0. The Bertz CT molecular complexity index is 1130. The zero-order valence-corrected chi connectivity index (χ0v) is 11.8. The van der Waals surface area contributed by atoms with E-state index < -0.39 is 17.3 Å². The number of benzene rings is 1.